The van der Waals surface area contributed by atoms with Gasteiger partial charge in [0.25, 0.3) is 5.91 Å². The molecule has 3 rings (SSSR count). The first kappa shape index (κ1) is 22.8. The summed E-state index contributed by atoms with van der Waals surface area (Å²) in [6, 6.07) is 15.3. The summed E-state index contributed by atoms with van der Waals surface area (Å²) in [4.78, 5) is 26.2. The second kappa shape index (κ2) is 10.4. The van der Waals surface area contributed by atoms with Crippen molar-refractivity contribution in [1.29, 1.82) is 0 Å². The van der Waals surface area contributed by atoms with Crippen LogP contribution in [0, 0.1) is 0 Å². The van der Waals surface area contributed by atoms with E-state index in [0.717, 1.165) is 22.3 Å². The molecule has 1 amide bonds. The Labute approximate surface area is 188 Å². The number of aromatic nitrogens is 1. The Balaban J connectivity index is 1.86. The van der Waals surface area contributed by atoms with Crippen LogP contribution < -0.4 is 5.84 Å². The summed E-state index contributed by atoms with van der Waals surface area (Å²) in [6.07, 6.45) is 5.94. The maximum absolute atomic E-state index is 12.6. The monoisotopic (exact) mass is 432 g/mol. The van der Waals surface area contributed by atoms with Gasteiger partial charge in [-0.3, -0.25) is 4.79 Å². The number of hydrogen-bond acceptors (Lipinski definition) is 5. The summed E-state index contributed by atoms with van der Waals surface area (Å²) in [6.45, 7) is 2.69. The molecule has 0 aliphatic carbocycles. The Hall–Kier alpha value is -3.87. The second-order valence-corrected chi connectivity index (χ2v) is 7.69. The van der Waals surface area contributed by atoms with Crippen molar-refractivity contribution in [2.75, 3.05) is 20.7 Å². The fourth-order valence-corrected chi connectivity index (χ4v) is 3.49. The lowest BCUT2D eigenvalue weighted by Crippen LogP contribution is -2.21. The second-order valence-electron chi connectivity index (χ2n) is 7.69. The SMILES string of the molecule is CCOC(=O)c1cn(Cc2cccc(/C=N\N)c2)cc1Cc1ccc(C(=O)N(C)C)cc1. The van der Waals surface area contributed by atoms with Crippen LogP contribution in [0.1, 0.15) is 49.9 Å². The molecular weight excluding hydrogens is 404 g/mol. The third-order valence-electron chi connectivity index (χ3n) is 5.00. The predicted octanol–water partition coefficient (Wildman–Crippen LogP) is 3.30. The summed E-state index contributed by atoms with van der Waals surface area (Å²) >= 11 is 0. The van der Waals surface area contributed by atoms with Gasteiger partial charge in [0.1, 0.15) is 0 Å². The fourth-order valence-electron chi connectivity index (χ4n) is 3.49. The molecule has 0 aliphatic rings. The van der Waals surface area contributed by atoms with Crippen LogP contribution in [0.4, 0.5) is 0 Å². The summed E-state index contributed by atoms with van der Waals surface area (Å²) in [5.74, 6) is 4.87. The number of benzene rings is 2. The van der Waals surface area contributed by atoms with E-state index in [1.165, 1.54) is 0 Å². The van der Waals surface area contributed by atoms with Crippen LogP contribution in [0.15, 0.2) is 66.0 Å². The number of nitrogens with zero attached hydrogens (tertiary/aromatic N) is 3. The Morgan fingerprint density at radius 2 is 1.84 bits per heavy atom. The van der Waals surface area contributed by atoms with E-state index in [1.54, 1.807) is 32.1 Å². The van der Waals surface area contributed by atoms with Gasteiger partial charge in [-0.2, -0.15) is 5.10 Å². The molecule has 0 saturated heterocycles. The molecule has 1 aromatic heterocycles. The fraction of sp³-hybridized carbons (Fsp3) is 0.240. The summed E-state index contributed by atoms with van der Waals surface area (Å²) in [5, 5.41) is 3.57. The van der Waals surface area contributed by atoms with Gasteiger partial charge in [-0.25, -0.2) is 4.79 Å². The maximum Gasteiger partial charge on any atom is 0.339 e. The van der Waals surface area contributed by atoms with Crippen LogP contribution in [0.5, 0.6) is 0 Å². The molecule has 0 radical (unpaired) electrons. The minimum absolute atomic E-state index is 0.0446. The molecule has 0 saturated carbocycles. The molecule has 2 aromatic carbocycles. The number of hydrogen-bond donors (Lipinski definition) is 1. The smallest absolute Gasteiger partial charge is 0.339 e. The van der Waals surface area contributed by atoms with Gasteiger partial charge in [-0.05, 0) is 53.8 Å². The molecule has 0 aliphatic heterocycles. The van der Waals surface area contributed by atoms with E-state index in [1.807, 2.05) is 65.5 Å². The highest BCUT2D eigenvalue weighted by molar-refractivity contribution is 5.94. The predicted molar refractivity (Wildman–Crippen MR) is 125 cm³/mol. The van der Waals surface area contributed by atoms with Crippen molar-refractivity contribution < 1.29 is 14.3 Å². The van der Waals surface area contributed by atoms with Gasteiger partial charge < -0.3 is 20.0 Å². The largest absolute Gasteiger partial charge is 0.462 e. The normalized spacial score (nSPS) is 11.0. The van der Waals surface area contributed by atoms with Gasteiger partial charge in [-0.15, -0.1) is 0 Å². The maximum atomic E-state index is 12.6. The van der Waals surface area contributed by atoms with E-state index in [-0.39, 0.29) is 11.9 Å². The molecule has 0 bridgehead atoms. The Morgan fingerprint density at radius 1 is 1.09 bits per heavy atom. The minimum Gasteiger partial charge on any atom is -0.462 e. The van der Waals surface area contributed by atoms with E-state index in [9.17, 15) is 9.59 Å². The molecule has 7 nitrogen and oxygen atoms in total. The molecule has 7 heteroatoms. The van der Waals surface area contributed by atoms with Gasteiger partial charge in [-0.1, -0.05) is 30.3 Å². The quantitative estimate of drug-likeness (QED) is 0.256. The van der Waals surface area contributed by atoms with E-state index < -0.39 is 0 Å². The standard InChI is InChI=1S/C25H28N4O3/c1-4-32-25(31)23-17-29(15-20-7-5-6-19(12-20)14-27-26)16-22(23)13-18-8-10-21(11-9-18)24(30)28(2)3/h5-12,14,16-17H,4,13,15,26H2,1-3H3/b27-14-. The van der Waals surface area contributed by atoms with Gasteiger partial charge in [0.05, 0.1) is 18.4 Å². The van der Waals surface area contributed by atoms with Crippen molar-refractivity contribution in [3.05, 3.63) is 94.3 Å². The van der Waals surface area contributed by atoms with Crippen molar-refractivity contribution in [3.63, 3.8) is 0 Å². The van der Waals surface area contributed by atoms with Gasteiger partial charge in [0.2, 0.25) is 0 Å². The lowest BCUT2D eigenvalue weighted by Gasteiger charge is -2.10. The number of ether oxygens (including phenoxy) is 1. The zero-order valence-corrected chi connectivity index (χ0v) is 18.6. The molecule has 3 aromatic rings. The molecule has 0 fully saturated rings. The van der Waals surface area contributed by atoms with E-state index >= 15 is 0 Å². The topological polar surface area (TPSA) is 89.9 Å². The van der Waals surface area contributed by atoms with Crippen molar-refractivity contribution in [3.8, 4) is 0 Å². The van der Waals surface area contributed by atoms with E-state index in [0.29, 0.717) is 30.7 Å². The average molecular weight is 433 g/mol. The number of amides is 1. The van der Waals surface area contributed by atoms with Crippen molar-refractivity contribution in [1.82, 2.24) is 9.47 Å². The number of carbonyl (C=O) groups is 2. The first-order valence-electron chi connectivity index (χ1n) is 10.4. The highest BCUT2D eigenvalue weighted by Gasteiger charge is 2.17. The lowest BCUT2D eigenvalue weighted by atomic mass is 10.0. The highest BCUT2D eigenvalue weighted by atomic mass is 16.5. The van der Waals surface area contributed by atoms with Gasteiger partial charge in [0.15, 0.2) is 0 Å². The molecular formula is C25H28N4O3. The third kappa shape index (κ3) is 5.63. The van der Waals surface area contributed by atoms with Crippen LogP contribution in [-0.2, 0) is 17.7 Å². The lowest BCUT2D eigenvalue weighted by molar-refractivity contribution is 0.0525. The minimum atomic E-state index is -0.343. The molecule has 2 N–H and O–H groups in total. The van der Waals surface area contributed by atoms with E-state index in [2.05, 4.69) is 5.10 Å². The first-order chi connectivity index (χ1) is 15.4. The molecule has 0 spiro atoms. The van der Waals surface area contributed by atoms with Crippen molar-refractivity contribution in [2.24, 2.45) is 10.9 Å². The van der Waals surface area contributed by atoms with Crippen LogP contribution >= 0.6 is 0 Å². The number of rotatable bonds is 8. The van der Waals surface area contributed by atoms with Crippen LogP contribution in [0.2, 0.25) is 0 Å². The molecule has 0 atom stereocenters. The molecule has 166 valence electrons. The third-order valence-corrected chi connectivity index (χ3v) is 5.00. The zero-order chi connectivity index (χ0) is 23.1. The average Bonchev–Trinajstić information content (AvgIpc) is 3.16. The summed E-state index contributed by atoms with van der Waals surface area (Å²) in [7, 11) is 3.45. The Kier molecular flexibility index (Phi) is 7.44. The highest BCUT2D eigenvalue weighted by Crippen LogP contribution is 2.19. The first-order valence-corrected chi connectivity index (χ1v) is 10.4. The van der Waals surface area contributed by atoms with E-state index in [4.69, 9.17) is 10.6 Å². The van der Waals surface area contributed by atoms with Crippen molar-refractivity contribution >= 4 is 18.1 Å². The molecule has 0 unspecified atom stereocenters. The van der Waals surface area contributed by atoms with Gasteiger partial charge in [0, 0.05) is 38.6 Å². The summed E-state index contributed by atoms with van der Waals surface area (Å²) < 4.78 is 7.24. The summed E-state index contributed by atoms with van der Waals surface area (Å²) in [5.41, 5.74) is 5.02. The number of carbonyl (C=O) groups excluding carboxylic acids is 2. The van der Waals surface area contributed by atoms with Gasteiger partial charge >= 0.3 is 5.97 Å². The number of hydrazone groups is 1. The van der Waals surface area contributed by atoms with Crippen molar-refractivity contribution in [2.45, 2.75) is 19.9 Å². The zero-order valence-electron chi connectivity index (χ0n) is 18.6. The Morgan fingerprint density at radius 3 is 2.50 bits per heavy atom. The molecule has 1 heterocycles. The Bertz CT molecular complexity index is 1110. The van der Waals surface area contributed by atoms with Crippen LogP contribution in [0.25, 0.3) is 0 Å². The molecule has 32 heavy (non-hydrogen) atoms. The number of nitrogens with two attached hydrogens (primary N) is 1. The van der Waals surface area contributed by atoms with Crippen LogP contribution in [0.3, 0.4) is 0 Å². The number of esters is 1. The van der Waals surface area contributed by atoms with Crippen LogP contribution in [-0.4, -0.2) is 48.3 Å².